The molecule has 1 amide bonds. The van der Waals surface area contributed by atoms with Gasteiger partial charge in [0.25, 0.3) is 5.91 Å². The fourth-order valence-electron chi connectivity index (χ4n) is 2.08. The first-order valence-electron chi connectivity index (χ1n) is 6.72. The number of carbonyl (C=O) groups is 1. The molecule has 1 aliphatic rings. The van der Waals surface area contributed by atoms with Gasteiger partial charge in [0.05, 0.1) is 6.20 Å². The summed E-state index contributed by atoms with van der Waals surface area (Å²) in [7, 11) is 1.79. The summed E-state index contributed by atoms with van der Waals surface area (Å²) in [4.78, 5) is 17.7. The lowest BCUT2D eigenvalue weighted by Crippen LogP contribution is -2.29. The van der Waals surface area contributed by atoms with Crippen LogP contribution in [-0.2, 0) is 11.2 Å². The van der Waals surface area contributed by atoms with Gasteiger partial charge >= 0.3 is 0 Å². The van der Waals surface area contributed by atoms with Crippen LogP contribution in [0, 0.1) is 0 Å². The number of nitrogens with two attached hydrogens (primary N) is 1. The number of likely N-dealkylation sites (tertiary alicyclic amines) is 1. The highest BCUT2D eigenvalue weighted by Crippen LogP contribution is 2.18. The van der Waals surface area contributed by atoms with E-state index in [-0.39, 0.29) is 18.1 Å². The average Bonchev–Trinajstić information content (AvgIpc) is 2.73. The minimum absolute atomic E-state index is 0.0390. The third-order valence-electron chi connectivity index (χ3n) is 3.45. The summed E-state index contributed by atoms with van der Waals surface area (Å²) in [5.74, 6) is 0.680. The normalized spacial score (nSPS) is 20.7. The van der Waals surface area contributed by atoms with Crippen LogP contribution in [-0.4, -0.2) is 41.5 Å². The van der Waals surface area contributed by atoms with Crippen LogP contribution >= 0.6 is 0 Å². The molecule has 2 rings (SSSR count). The number of hydrogen-bond acceptors (Lipinski definition) is 4. The summed E-state index contributed by atoms with van der Waals surface area (Å²) < 4.78 is 5.66. The van der Waals surface area contributed by atoms with E-state index in [2.05, 4.69) is 11.9 Å². The van der Waals surface area contributed by atoms with Crippen molar-refractivity contribution in [2.24, 2.45) is 5.73 Å². The predicted octanol–water partition coefficient (Wildman–Crippen LogP) is 0.971. The summed E-state index contributed by atoms with van der Waals surface area (Å²) in [6.45, 7) is 2.81. The van der Waals surface area contributed by atoms with Crippen molar-refractivity contribution in [3.8, 4) is 5.75 Å². The number of hydrogen-bond donors (Lipinski definition) is 1. The number of rotatable bonds is 5. The van der Waals surface area contributed by atoms with Crippen molar-refractivity contribution in [1.82, 2.24) is 9.88 Å². The molecule has 5 nitrogen and oxygen atoms in total. The van der Waals surface area contributed by atoms with Gasteiger partial charge in [-0.05, 0) is 18.6 Å². The third kappa shape index (κ3) is 3.44. The Labute approximate surface area is 113 Å². The van der Waals surface area contributed by atoms with Crippen LogP contribution in [0.4, 0.5) is 0 Å². The molecule has 2 atom stereocenters. The van der Waals surface area contributed by atoms with Crippen LogP contribution in [0.25, 0.3) is 0 Å². The summed E-state index contributed by atoms with van der Waals surface area (Å²) in [6, 6.07) is 3.91. The molecule has 19 heavy (non-hydrogen) atoms. The molecule has 104 valence electrons. The second-order valence-corrected chi connectivity index (χ2v) is 5.01. The van der Waals surface area contributed by atoms with Gasteiger partial charge in [0.1, 0.15) is 5.75 Å². The third-order valence-corrected chi connectivity index (χ3v) is 3.45. The Balaban J connectivity index is 1.93. The molecule has 0 aromatic carbocycles. The van der Waals surface area contributed by atoms with Gasteiger partial charge in [-0.1, -0.05) is 6.92 Å². The lowest BCUT2D eigenvalue weighted by molar-refractivity contribution is -0.132. The molecule has 0 spiro atoms. The maximum atomic E-state index is 11.7. The van der Waals surface area contributed by atoms with Gasteiger partial charge in [-0.3, -0.25) is 9.78 Å². The first kappa shape index (κ1) is 13.8. The maximum absolute atomic E-state index is 11.7. The van der Waals surface area contributed by atoms with Crippen molar-refractivity contribution in [3.05, 3.63) is 24.0 Å². The first-order valence-corrected chi connectivity index (χ1v) is 6.72. The van der Waals surface area contributed by atoms with Gasteiger partial charge < -0.3 is 15.4 Å². The summed E-state index contributed by atoms with van der Waals surface area (Å²) in [5.41, 5.74) is 6.84. The van der Waals surface area contributed by atoms with E-state index in [1.54, 1.807) is 18.1 Å². The van der Waals surface area contributed by atoms with Gasteiger partial charge in [-0.25, -0.2) is 0 Å². The number of pyridine rings is 1. The van der Waals surface area contributed by atoms with Crippen LogP contribution in [0.5, 0.6) is 5.75 Å². The molecular weight excluding hydrogens is 242 g/mol. The second-order valence-electron chi connectivity index (χ2n) is 5.01. The van der Waals surface area contributed by atoms with Gasteiger partial charge in [0, 0.05) is 38.2 Å². The molecule has 1 saturated heterocycles. The van der Waals surface area contributed by atoms with Crippen LogP contribution < -0.4 is 10.5 Å². The Bertz CT molecular complexity index is 433. The zero-order valence-corrected chi connectivity index (χ0v) is 11.5. The SMILES string of the molecule is CCC(N)Cc1ccc(OC2CCN(C)C2=O)cn1. The Kier molecular flexibility index (Phi) is 4.37. The minimum Gasteiger partial charge on any atom is -0.479 e. The molecule has 1 aromatic heterocycles. The molecule has 5 heteroatoms. The van der Waals surface area contributed by atoms with Crippen LogP contribution in [0.3, 0.4) is 0 Å². The molecule has 0 aliphatic carbocycles. The van der Waals surface area contributed by atoms with E-state index in [9.17, 15) is 4.79 Å². The largest absolute Gasteiger partial charge is 0.479 e. The Hall–Kier alpha value is -1.62. The molecule has 0 saturated carbocycles. The number of carbonyl (C=O) groups excluding carboxylic acids is 1. The number of amides is 1. The Morgan fingerprint density at radius 2 is 2.37 bits per heavy atom. The smallest absolute Gasteiger partial charge is 0.263 e. The molecule has 2 unspecified atom stereocenters. The van der Waals surface area contributed by atoms with Crippen molar-refractivity contribution in [2.45, 2.75) is 38.3 Å². The molecule has 2 N–H and O–H groups in total. The molecule has 1 fully saturated rings. The standard InChI is InChI=1S/C14H21N3O2/c1-3-10(15)8-11-4-5-12(9-16-11)19-13-6-7-17(2)14(13)18/h4-5,9-10,13H,3,6-8,15H2,1-2H3. The predicted molar refractivity (Wildman–Crippen MR) is 72.9 cm³/mol. The van der Waals surface area contributed by atoms with Gasteiger partial charge in [0.15, 0.2) is 6.10 Å². The second kappa shape index (κ2) is 6.02. The molecule has 1 aliphatic heterocycles. The topological polar surface area (TPSA) is 68.5 Å². The van der Waals surface area contributed by atoms with Crippen LogP contribution in [0.15, 0.2) is 18.3 Å². The maximum Gasteiger partial charge on any atom is 0.263 e. The highest BCUT2D eigenvalue weighted by molar-refractivity contribution is 5.83. The van der Waals surface area contributed by atoms with E-state index in [4.69, 9.17) is 10.5 Å². The van der Waals surface area contributed by atoms with E-state index >= 15 is 0 Å². The average molecular weight is 263 g/mol. The highest BCUT2D eigenvalue weighted by Gasteiger charge is 2.30. The summed E-state index contributed by atoms with van der Waals surface area (Å²) in [6.07, 6.45) is 3.74. The number of nitrogens with zero attached hydrogens (tertiary/aromatic N) is 2. The highest BCUT2D eigenvalue weighted by atomic mass is 16.5. The molecule has 2 heterocycles. The van der Waals surface area contributed by atoms with Crippen molar-refractivity contribution < 1.29 is 9.53 Å². The zero-order valence-electron chi connectivity index (χ0n) is 11.5. The number of ether oxygens (including phenoxy) is 1. The van der Waals surface area contributed by atoms with Crippen molar-refractivity contribution >= 4 is 5.91 Å². The number of likely N-dealkylation sites (N-methyl/N-ethyl adjacent to an activating group) is 1. The molecule has 0 bridgehead atoms. The number of aromatic nitrogens is 1. The van der Waals surface area contributed by atoms with Crippen LogP contribution in [0.2, 0.25) is 0 Å². The molecule has 1 aromatic rings. The van der Waals surface area contributed by atoms with E-state index in [0.29, 0.717) is 5.75 Å². The van der Waals surface area contributed by atoms with Crippen molar-refractivity contribution in [1.29, 1.82) is 0 Å². The van der Waals surface area contributed by atoms with E-state index in [0.717, 1.165) is 31.5 Å². The van der Waals surface area contributed by atoms with E-state index < -0.39 is 0 Å². The lowest BCUT2D eigenvalue weighted by atomic mass is 10.1. The van der Waals surface area contributed by atoms with Gasteiger partial charge in [0.2, 0.25) is 0 Å². The lowest BCUT2D eigenvalue weighted by Gasteiger charge is -2.13. The molecule has 0 radical (unpaired) electrons. The van der Waals surface area contributed by atoms with Crippen molar-refractivity contribution in [3.63, 3.8) is 0 Å². The fraction of sp³-hybridized carbons (Fsp3) is 0.571. The Morgan fingerprint density at radius 3 is 2.89 bits per heavy atom. The Morgan fingerprint density at radius 1 is 1.58 bits per heavy atom. The quantitative estimate of drug-likeness (QED) is 0.859. The summed E-state index contributed by atoms with van der Waals surface area (Å²) >= 11 is 0. The first-order chi connectivity index (χ1) is 9.10. The van der Waals surface area contributed by atoms with E-state index in [1.165, 1.54) is 0 Å². The van der Waals surface area contributed by atoms with Gasteiger partial charge in [-0.15, -0.1) is 0 Å². The zero-order chi connectivity index (χ0) is 13.8. The summed E-state index contributed by atoms with van der Waals surface area (Å²) in [5, 5.41) is 0. The van der Waals surface area contributed by atoms with E-state index in [1.807, 2.05) is 12.1 Å². The van der Waals surface area contributed by atoms with Gasteiger partial charge in [-0.2, -0.15) is 0 Å². The monoisotopic (exact) mass is 263 g/mol. The van der Waals surface area contributed by atoms with Crippen LogP contribution in [0.1, 0.15) is 25.5 Å². The molecular formula is C14H21N3O2. The van der Waals surface area contributed by atoms with Crippen molar-refractivity contribution in [2.75, 3.05) is 13.6 Å². The minimum atomic E-state index is -0.365. The fourth-order valence-corrected chi connectivity index (χ4v) is 2.08.